The molecule has 0 aromatic heterocycles. The number of aliphatic hydroxyl groups is 1. The van der Waals surface area contributed by atoms with Crippen molar-refractivity contribution < 1.29 is 9.90 Å². The van der Waals surface area contributed by atoms with Gasteiger partial charge in [0.1, 0.15) is 5.76 Å². The van der Waals surface area contributed by atoms with Crippen LogP contribution in [0.3, 0.4) is 0 Å². The standard InChI is InChI=1S/C8H11BrO2/c1-8(2)4-3-5(10)6(9)7(8)11/h11H,3-4H2,1-2H3. The second-order valence-corrected chi connectivity index (χ2v) is 4.26. The summed E-state index contributed by atoms with van der Waals surface area (Å²) in [7, 11) is 0. The zero-order valence-corrected chi connectivity index (χ0v) is 8.23. The minimum absolute atomic E-state index is 0.00169. The maximum atomic E-state index is 11.0. The van der Waals surface area contributed by atoms with E-state index in [1.165, 1.54) is 0 Å². The van der Waals surface area contributed by atoms with Crippen LogP contribution in [0, 0.1) is 5.41 Å². The van der Waals surface area contributed by atoms with Gasteiger partial charge in [0, 0.05) is 11.8 Å². The van der Waals surface area contributed by atoms with Gasteiger partial charge in [0.25, 0.3) is 0 Å². The number of Topliss-reactive ketones (excluding diaryl/α,β-unsaturated/α-hetero) is 1. The van der Waals surface area contributed by atoms with E-state index in [1.54, 1.807) is 0 Å². The van der Waals surface area contributed by atoms with E-state index in [0.717, 1.165) is 6.42 Å². The largest absolute Gasteiger partial charge is 0.510 e. The molecule has 0 atom stereocenters. The Labute approximate surface area is 74.4 Å². The molecule has 1 rings (SSSR count). The number of allylic oxidation sites excluding steroid dienone is 2. The number of carbonyl (C=O) groups excluding carboxylic acids is 1. The van der Waals surface area contributed by atoms with Crippen molar-refractivity contribution in [1.29, 1.82) is 0 Å². The molecular formula is C8H11BrO2. The number of hydrogen-bond donors (Lipinski definition) is 1. The molecule has 1 N–H and O–H groups in total. The van der Waals surface area contributed by atoms with Gasteiger partial charge in [-0.25, -0.2) is 0 Å². The third-order valence-electron chi connectivity index (χ3n) is 2.07. The Bertz CT molecular complexity index is 228. The van der Waals surface area contributed by atoms with Gasteiger partial charge < -0.3 is 5.11 Å². The molecule has 62 valence electrons. The maximum Gasteiger partial charge on any atom is 0.173 e. The molecule has 0 aromatic rings. The van der Waals surface area contributed by atoms with E-state index in [2.05, 4.69) is 15.9 Å². The number of ketones is 1. The minimum atomic E-state index is -0.243. The van der Waals surface area contributed by atoms with Crippen LogP contribution in [-0.4, -0.2) is 10.9 Å². The Hall–Kier alpha value is -0.310. The van der Waals surface area contributed by atoms with Gasteiger partial charge in [-0.15, -0.1) is 0 Å². The van der Waals surface area contributed by atoms with E-state index in [1.807, 2.05) is 13.8 Å². The van der Waals surface area contributed by atoms with E-state index in [4.69, 9.17) is 0 Å². The Morgan fingerprint density at radius 3 is 2.55 bits per heavy atom. The van der Waals surface area contributed by atoms with Crippen LogP contribution in [-0.2, 0) is 4.79 Å². The van der Waals surface area contributed by atoms with Gasteiger partial charge in [-0.3, -0.25) is 4.79 Å². The first-order valence-corrected chi connectivity index (χ1v) is 4.37. The first kappa shape index (κ1) is 8.78. The molecule has 1 aliphatic carbocycles. The average molecular weight is 219 g/mol. The van der Waals surface area contributed by atoms with Crippen LogP contribution in [0.15, 0.2) is 10.2 Å². The molecule has 0 amide bonds. The van der Waals surface area contributed by atoms with Crippen LogP contribution < -0.4 is 0 Å². The van der Waals surface area contributed by atoms with Crippen LogP contribution >= 0.6 is 15.9 Å². The molecular weight excluding hydrogens is 208 g/mol. The monoisotopic (exact) mass is 218 g/mol. The highest BCUT2D eigenvalue weighted by Crippen LogP contribution is 2.38. The van der Waals surface area contributed by atoms with E-state index < -0.39 is 0 Å². The number of rotatable bonds is 0. The molecule has 0 fully saturated rings. The lowest BCUT2D eigenvalue weighted by Crippen LogP contribution is -2.23. The third-order valence-corrected chi connectivity index (χ3v) is 2.89. The molecule has 0 saturated heterocycles. The van der Waals surface area contributed by atoms with Gasteiger partial charge in [-0.1, -0.05) is 13.8 Å². The summed E-state index contributed by atoms with van der Waals surface area (Å²) in [6.07, 6.45) is 1.25. The van der Waals surface area contributed by atoms with Crippen LogP contribution in [0.2, 0.25) is 0 Å². The number of carbonyl (C=O) groups is 1. The highest BCUT2D eigenvalue weighted by Gasteiger charge is 2.32. The molecule has 0 heterocycles. The lowest BCUT2D eigenvalue weighted by molar-refractivity contribution is -0.116. The molecule has 0 aromatic carbocycles. The van der Waals surface area contributed by atoms with Crippen molar-refractivity contribution in [3.63, 3.8) is 0 Å². The zero-order valence-electron chi connectivity index (χ0n) is 6.65. The zero-order chi connectivity index (χ0) is 8.65. The van der Waals surface area contributed by atoms with Crippen molar-refractivity contribution >= 4 is 21.7 Å². The van der Waals surface area contributed by atoms with Crippen LogP contribution in [0.5, 0.6) is 0 Å². The Morgan fingerprint density at radius 1 is 1.55 bits per heavy atom. The summed E-state index contributed by atoms with van der Waals surface area (Å²) in [5.41, 5.74) is -0.243. The Morgan fingerprint density at radius 2 is 2.09 bits per heavy atom. The fourth-order valence-electron chi connectivity index (χ4n) is 1.08. The summed E-state index contributed by atoms with van der Waals surface area (Å²) in [6.45, 7) is 3.85. The highest BCUT2D eigenvalue weighted by molar-refractivity contribution is 9.12. The molecule has 11 heavy (non-hydrogen) atoms. The average Bonchev–Trinajstić information content (AvgIpc) is 1.95. The molecule has 0 spiro atoms. The lowest BCUT2D eigenvalue weighted by Gasteiger charge is -2.28. The number of hydrogen-bond acceptors (Lipinski definition) is 2. The Kier molecular flexibility index (Phi) is 2.10. The predicted octanol–water partition coefficient (Wildman–Crippen LogP) is 2.54. The van der Waals surface area contributed by atoms with Crippen molar-refractivity contribution in [2.75, 3.05) is 0 Å². The van der Waals surface area contributed by atoms with Gasteiger partial charge in [0.2, 0.25) is 0 Å². The van der Waals surface area contributed by atoms with Gasteiger partial charge in [0.15, 0.2) is 5.78 Å². The maximum absolute atomic E-state index is 11.0. The highest BCUT2D eigenvalue weighted by atomic mass is 79.9. The summed E-state index contributed by atoms with van der Waals surface area (Å²) < 4.78 is 0.355. The van der Waals surface area contributed by atoms with Crippen molar-refractivity contribution in [3.05, 3.63) is 10.2 Å². The molecule has 0 bridgehead atoms. The smallest absolute Gasteiger partial charge is 0.173 e. The Balaban J connectivity index is 3.07. The second-order valence-electron chi connectivity index (χ2n) is 3.47. The fourth-order valence-corrected chi connectivity index (χ4v) is 1.82. The van der Waals surface area contributed by atoms with Crippen molar-refractivity contribution in [1.82, 2.24) is 0 Å². The van der Waals surface area contributed by atoms with E-state index in [9.17, 15) is 9.90 Å². The lowest BCUT2D eigenvalue weighted by atomic mass is 9.80. The molecule has 0 unspecified atom stereocenters. The van der Waals surface area contributed by atoms with Gasteiger partial charge >= 0.3 is 0 Å². The number of halogens is 1. The van der Waals surface area contributed by atoms with Crippen molar-refractivity contribution in [2.45, 2.75) is 26.7 Å². The van der Waals surface area contributed by atoms with Crippen LogP contribution in [0.4, 0.5) is 0 Å². The van der Waals surface area contributed by atoms with E-state index in [-0.39, 0.29) is 17.0 Å². The van der Waals surface area contributed by atoms with Gasteiger partial charge in [-0.2, -0.15) is 0 Å². The van der Waals surface area contributed by atoms with Crippen molar-refractivity contribution in [2.24, 2.45) is 5.41 Å². The van der Waals surface area contributed by atoms with Crippen LogP contribution in [0.1, 0.15) is 26.7 Å². The predicted molar refractivity (Wildman–Crippen MR) is 46.6 cm³/mol. The quantitative estimate of drug-likeness (QED) is 0.679. The molecule has 3 heteroatoms. The summed E-state index contributed by atoms with van der Waals surface area (Å²) in [6, 6.07) is 0. The van der Waals surface area contributed by atoms with E-state index >= 15 is 0 Å². The summed E-state index contributed by atoms with van der Waals surface area (Å²) in [5.74, 6) is 0.190. The number of aliphatic hydroxyl groups excluding tert-OH is 1. The molecule has 2 nitrogen and oxygen atoms in total. The van der Waals surface area contributed by atoms with Crippen LogP contribution in [0.25, 0.3) is 0 Å². The SMILES string of the molecule is CC1(C)CCC(=O)C(Br)=C1O. The second kappa shape index (κ2) is 2.63. The van der Waals surface area contributed by atoms with Gasteiger partial charge in [0.05, 0.1) is 4.48 Å². The fraction of sp³-hybridized carbons (Fsp3) is 0.625. The first-order chi connectivity index (χ1) is 4.95. The summed E-state index contributed by atoms with van der Waals surface area (Å²) >= 11 is 3.07. The van der Waals surface area contributed by atoms with Gasteiger partial charge in [-0.05, 0) is 22.4 Å². The molecule has 0 radical (unpaired) electrons. The molecule has 1 aliphatic rings. The molecule has 0 saturated carbocycles. The van der Waals surface area contributed by atoms with E-state index in [0.29, 0.717) is 10.9 Å². The minimum Gasteiger partial charge on any atom is -0.510 e. The first-order valence-electron chi connectivity index (χ1n) is 3.57. The third kappa shape index (κ3) is 1.48. The molecule has 0 aliphatic heterocycles. The topological polar surface area (TPSA) is 37.3 Å². The summed E-state index contributed by atoms with van der Waals surface area (Å²) in [5, 5.41) is 9.49. The van der Waals surface area contributed by atoms with Crippen molar-refractivity contribution in [3.8, 4) is 0 Å². The normalized spacial score (nSPS) is 24.1. The summed E-state index contributed by atoms with van der Waals surface area (Å²) in [4.78, 5) is 11.0.